The predicted molar refractivity (Wildman–Crippen MR) is 80.3 cm³/mol. The van der Waals surface area contributed by atoms with Gasteiger partial charge >= 0.3 is 0 Å². The van der Waals surface area contributed by atoms with Crippen LogP contribution in [-0.4, -0.2) is 4.21 Å². The lowest BCUT2D eigenvalue weighted by molar-refractivity contribution is 0.681. The van der Waals surface area contributed by atoms with Gasteiger partial charge in [0.05, 0.1) is 10.8 Å². The van der Waals surface area contributed by atoms with Gasteiger partial charge in [-0.15, -0.1) is 11.6 Å². The van der Waals surface area contributed by atoms with Gasteiger partial charge in [0.15, 0.2) is 0 Å². The molecule has 0 heterocycles. The SMILES string of the molecule is Cc1ccc(S(=O)C(Cl)c2ccc(Br)cc2)cc1. The largest absolute Gasteiger partial charge is 0.252 e. The van der Waals surface area contributed by atoms with Gasteiger partial charge in [-0.1, -0.05) is 45.8 Å². The average molecular weight is 344 g/mol. The van der Waals surface area contributed by atoms with Crippen molar-refractivity contribution in [3.05, 3.63) is 64.1 Å². The van der Waals surface area contributed by atoms with E-state index in [2.05, 4.69) is 15.9 Å². The Morgan fingerprint density at radius 1 is 1.06 bits per heavy atom. The van der Waals surface area contributed by atoms with Crippen molar-refractivity contribution >= 4 is 38.3 Å². The van der Waals surface area contributed by atoms with Crippen molar-refractivity contribution in [1.82, 2.24) is 0 Å². The van der Waals surface area contributed by atoms with Gasteiger partial charge in [-0.05, 0) is 36.8 Å². The molecule has 0 bridgehead atoms. The zero-order chi connectivity index (χ0) is 13.1. The minimum absolute atomic E-state index is 0.527. The van der Waals surface area contributed by atoms with Crippen LogP contribution in [0.4, 0.5) is 0 Å². The van der Waals surface area contributed by atoms with Crippen molar-refractivity contribution in [3.63, 3.8) is 0 Å². The highest BCUT2D eigenvalue weighted by molar-refractivity contribution is 9.10. The fourth-order valence-corrected chi connectivity index (χ4v) is 3.30. The van der Waals surface area contributed by atoms with Gasteiger partial charge in [0.25, 0.3) is 0 Å². The molecule has 0 aromatic heterocycles. The van der Waals surface area contributed by atoms with Crippen LogP contribution in [0.2, 0.25) is 0 Å². The Labute approximate surface area is 123 Å². The van der Waals surface area contributed by atoms with E-state index in [1.807, 2.05) is 55.5 Å². The predicted octanol–water partition coefficient (Wildman–Crippen LogP) is 4.80. The monoisotopic (exact) mass is 342 g/mol. The highest BCUT2D eigenvalue weighted by Crippen LogP contribution is 2.29. The van der Waals surface area contributed by atoms with Gasteiger partial charge in [0.2, 0.25) is 0 Å². The van der Waals surface area contributed by atoms with Crippen molar-refractivity contribution in [2.75, 3.05) is 0 Å². The molecule has 0 spiro atoms. The maximum absolute atomic E-state index is 12.3. The van der Waals surface area contributed by atoms with E-state index in [0.717, 1.165) is 20.5 Å². The van der Waals surface area contributed by atoms with E-state index >= 15 is 0 Å². The summed E-state index contributed by atoms with van der Waals surface area (Å²) in [4.78, 5) is 0.753. The summed E-state index contributed by atoms with van der Waals surface area (Å²) in [6, 6.07) is 15.2. The quantitative estimate of drug-likeness (QED) is 0.731. The van der Waals surface area contributed by atoms with Crippen LogP contribution in [0.1, 0.15) is 15.8 Å². The van der Waals surface area contributed by atoms with E-state index in [1.165, 1.54) is 0 Å². The molecule has 0 amide bonds. The van der Waals surface area contributed by atoms with Gasteiger partial charge in [0.1, 0.15) is 4.71 Å². The Bertz CT molecular complexity index is 551. The smallest absolute Gasteiger partial charge is 0.138 e. The first-order valence-corrected chi connectivity index (χ1v) is 7.89. The van der Waals surface area contributed by atoms with Gasteiger partial charge in [-0.25, -0.2) is 0 Å². The van der Waals surface area contributed by atoms with Crippen molar-refractivity contribution in [3.8, 4) is 0 Å². The second kappa shape index (κ2) is 6.00. The molecule has 0 aliphatic heterocycles. The second-order valence-corrected chi connectivity index (χ2v) is 7.13. The van der Waals surface area contributed by atoms with E-state index in [-0.39, 0.29) is 0 Å². The van der Waals surface area contributed by atoms with Crippen LogP contribution in [0.25, 0.3) is 0 Å². The molecule has 0 fully saturated rings. The van der Waals surface area contributed by atoms with Crippen LogP contribution in [0.5, 0.6) is 0 Å². The van der Waals surface area contributed by atoms with Crippen LogP contribution in [0.3, 0.4) is 0 Å². The molecule has 4 heteroatoms. The van der Waals surface area contributed by atoms with Crippen molar-refractivity contribution in [2.45, 2.75) is 16.5 Å². The number of aryl methyl sites for hydroxylation is 1. The fourth-order valence-electron chi connectivity index (χ4n) is 1.53. The lowest BCUT2D eigenvalue weighted by atomic mass is 10.2. The molecule has 0 aliphatic rings. The lowest BCUT2D eigenvalue weighted by Gasteiger charge is -2.10. The molecule has 18 heavy (non-hydrogen) atoms. The first-order valence-electron chi connectivity index (χ1n) is 5.45. The highest BCUT2D eigenvalue weighted by Gasteiger charge is 2.17. The molecule has 0 saturated carbocycles. The number of benzene rings is 2. The summed E-state index contributed by atoms with van der Waals surface area (Å²) < 4.78 is 12.8. The maximum atomic E-state index is 12.3. The van der Waals surface area contributed by atoms with Gasteiger partial charge in [0, 0.05) is 9.37 Å². The summed E-state index contributed by atoms with van der Waals surface area (Å²) >= 11 is 9.63. The molecule has 2 atom stereocenters. The van der Waals surface area contributed by atoms with E-state index in [0.29, 0.717) is 0 Å². The highest BCUT2D eigenvalue weighted by atomic mass is 79.9. The number of halogens is 2. The number of hydrogen-bond acceptors (Lipinski definition) is 1. The molecular formula is C14H12BrClOS. The Hall–Kier alpha value is -0.640. The number of rotatable bonds is 3. The standard InChI is InChI=1S/C14H12BrClOS/c1-10-2-8-13(9-3-10)18(17)14(16)11-4-6-12(15)7-5-11/h2-9,14H,1H3. The maximum Gasteiger partial charge on any atom is 0.138 e. The molecule has 0 radical (unpaired) electrons. The molecule has 2 aromatic carbocycles. The fraction of sp³-hybridized carbons (Fsp3) is 0.143. The minimum Gasteiger partial charge on any atom is -0.252 e. The molecule has 0 N–H and O–H groups in total. The van der Waals surface area contributed by atoms with Crippen molar-refractivity contribution in [1.29, 1.82) is 0 Å². The Balaban J connectivity index is 2.23. The van der Waals surface area contributed by atoms with Gasteiger partial charge in [-0.3, -0.25) is 4.21 Å². The van der Waals surface area contributed by atoms with Crippen LogP contribution < -0.4 is 0 Å². The third-order valence-electron chi connectivity index (χ3n) is 2.57. The zero-order valence-electron chi connectivity index (χ0n) is 9.77. The molecule has 2 rings (SSSR count). The zero-order valence-corrected chi connectivity index (χ0v) is 12.9. The van der Waals surface area contributed by atoms with Crippen LogP contribution in [0, 0.1) is 6.92 Å². The first kappa shape index (κ1) is 13.8. The molecule has 94 valence electrons. The minimum atomic E-state index is -1.24. The summed E-state index contributed by atoms with van der Waals surface area (Å²) in [5.74, 6) is 0. The molecule has 0 saturated heterocycles. The summed E-state index contributed by atoms with van der Waals surface area (Å²) in [5, 5.41) is 0. The molecule has 0 aliphatic carbocycles. The Morgan fingerprint density at radius 3 is 2.17 bits per heavy atom. The van der Waals surface area contributed by atoms with Gasteiger partial charge < -0.3 is 0 Å². The normalized spacial score (nSPS) is 14.2. The number of alkyl halides is 1. The van der Waals surface area contributed by atoms with Crippen LogP contribution >= 0.6 is 27.5 Å². The third-order valence-corrected chi connectivity index (χ3v) is 5.22. The lowest BCUT2D eigenvalue weighted by Crippen LogP contribution is -2.00. The number of hydrogen-bond donors (Lipinski definition) is 0. The van der Waals surface area contributed by atoms with Crippen LogP contribution in [0.15, 0.2) is 57.9 Å². The summed E-state index contributed by atoms with van der Waals surface area (Å²) in [6.07, 6.45) is 0. The molecule has 2 aromatic rings. The van der Waals surface area contributed by atoms with Crippen molar-refractivity contribution < 1.29 is 4.21 Å². The van der Waals surface area contributed by atoms with E-state index < -0.39 is 15.5 Å². The second-order valence-electron chi connectivity index (χ2n) is 3.98. The summed E-state index contributed by atoms with van der Waals surface area (Å²) in [6.45, 7) is 2.00. The average Bonchev–Trinajstić information content (AvgIpc) is 2.39. The van der Waals surface area contributed by atoms with Crippen LogP contribution in [-0.2, 0) is 10.8 Å². The summed E-state index contributed by atoms with van der Waals surface area (Å²) in [7, 11) is -1.24. The molecule has 2 unspecified atom stereocenters. The van der Waals surface area contributed by atoms with E-state index in [1.54, 1.807) is 0 Å². The first-order chi connectivity index (χ1) is 8.58. The molecular weight excluding hydrogens is 332 g/mol. The Kier molecular flexibility index (Phi) is 4.60. The Morgan fingerprint density at radius 2 is 1.61 bits per heavy atom. The van der Waals surface area contributed by atoms with Gasteiger partial charge in [-0.2, -0.15) is 0 Å². The summed E-state index contributed by atoms with van der Waals surface area (Å²) in [5.41, 5.74) is 2.00. The topological polar surface area (TPSA) is 17.1 Å². The van der Waals surface area contributed by atoms with E-state index in [4.69, 9.17) is 11.6 Å². The third kappa shape index (κ3) is 3.22. The van der Waals surface area contributed by atoms with Crippen molar-refractivity contribution in [2.24, 2.45) is 0 Å². The van der Waals surface area contributed by atoms with E-state index in [9.17, 15) is 4.21 Å². The molecule has 1 nitrogen and oxygen atoms in total.